The molecule has 0 aliphatic carbocycles. The van der Waals surface area contributed by atoms with Crippen LogP contribution in [0.2, 0.25) is 5.02 Å². The summed E-state index contributed by atoms with van der Waals surface area (Å²) in [4.78, 5) is 17.2. The molecule has 0 bridgehead atoms. The maximum absolute atomic E-state index is 12.6. The van der Waals surface area contributed by atoms with Crippen LogP contribution in [-0.2, 0) is 4.79 Å². The first kappa shape index (κ1) is 22.9. The molecule has 0 aliphatic rings. The summed E-state index contributed by atoms with van der Waals surface area (Å²) in [6.45, 7) is 7.62. The SMILES string of the molecule is Cc1ccccc1-n1c(-c2ccc(Cl)cc2)cnc1SCC(=O)N[C@@](C)(C#N)C(C)C. The fraction of sp³-hybridized carbons (Fsp3) is 0.292. The minimum Gasteiger partial charge on any atom is -0.337 e. The molecule has 1 amide bonds. The van der Waals surface area contributed by atoms with E-state index >= 15 is 0 Å². The summed E-state index contributed by atoms with van der Waals surface area (Å²) in [5, 5.41) is 13.7. The number of hydrogen-bond acceptors (Lipinski definition) is 4. The number of amides is 1. The molecule has 1 N–H and O–H groups in total. The van der Waals surface area contributed by atoms with Crippen LogP contribution in [0.3, 0.4) is 0 Å². The first-order valence-electron chi connectivity index (χ1n) is 10.00. The maximum atomic E-state index is 12.6. The number of imidazole rings is 1. The Morgan fingerprint density at radius 1 is 1.26 bits per heavy atom. The number of benzene rings is 2. The quantitative estimate of drug-likeness (QED) is 0.470. The van der Waals surface area contributed by atoms with Gasteiger partial charge < -0.3 is 5.32 Å². The minimum atomic E-state index is -0.905. The number of thioether (sulfide) groups is 1. The van der Waals surface area contributed by atoms with Gasteiger partial charge in [-0.3, -0.25) is 9.36 Å². The number of nitriles is 1. The lowest BCUT2D eigenvalue weighted by Crippen LogP contribution is -2.49. The van der Waals surface area contributed by atoms with E-state index in [-0.39, 0.29) is 17.6 Å². The van der Waals surface area contributed by atoms with Crippen molar-refractivity contribution in [2.75, 3.05) is 5.75 Å². The van der Waals surface area contributed by atoms with Gasteiger partial charge in [-0.2, -0.15) is 5.26 Å². The molecule has 160 valence electrons. The Kier molecular flexibility index (Phi) is 7.09. The van der Waals surface area contributed by atoms with Crippen molar-refractivity contribution in [3.05, 3.63) is 65.3 Å². The number of para-hydroxylation sites is 1. The monoisotopic (exact) mass is 452 g/mol. The standard InChI is InChI=1S/C24H25ClN4OS/c1-16(2)24(4,15-26)28-22(30)14-31-23-27-13-21(18-9-11-19(25)12-10-18)29(23)20-8-6-5-7-17(20)3/h5-13,16H,14H2,1-4H3,(H,28,30)/t24-/m0/s1. The predicted octanol–water partition coefficient (Wildman–Crippen LogP) is 5.65. The second-order valence-corrected chi connectivity index (χ2v) is 9.24. The largest absolute Gasteiger partial charge is 0.337 e. The summed E-state index contributed by atoms with van der Waals surface area (Å²) >= 11 is 7.41. The van der Waals surface area contributed by atoms with Gasteiger partial charge in [0.2, 0.25) is 5.91 Å². The topological polar surface area (TPSA) is 70.7 Å². The molecule has 3 rings (SSSR count). The van der Waals surface area contributed by atoms with Gasteiger partial charge in [-0.15, -0.1) is 0 Å². The van der Waals surface area contributed by atoms with Crippen molar-refractivity contribution in [3.8, 4) is 23.0 Å². The molecule has 1 aromatic heterocycles. The molecule has 0 spiro atoms. The first-order chi connectivity index (χ1) is 14.7. The van der Waals surface area contributed by atoms with Crippen molar-refractivity contribution in [2.24, 2.45) is 5.92 Å². The average molecular weight is 453 g/mol. The summed E-state index contributed by atoms with van der Waals surface area (Å²) in [6.07, 6.45) is 1.81. The number of rotatable bonds is 7. The van der Waals surface area contributed by atoms with Crippen LogP contribution in [0.25, 0.3) is 16.9 Å². The van der Waals surface area contributed by atoms with Crippen molar-refractivity contribution in [1.29, 1.82) is 5.26 Å². The zero-order chi connectivity index (χ0) is 22.6. The zero-order valence-corrected chi connectivity index (χ0v) is 19.6. The van der Waals surface area contributed by atoms with Gasteiger partial charge in [-0.25, -0.2) is 4.98 Å². The molecule has 1 heterocycles. The molecule has 0 saturated carbocycles. The molecule has 0 unspecified atom stereocenters. The van der Waals surface area contributed by atoms with Crippen molar-refractivity contribution in [3.63, 3.8) is 0 Å². The molecule has 0 fully saturated rings. The van der Waals surface area contributed by atoms with E-state index < -0.39 is 5.54 Å². The fourth-order valence-electron chi connectivity index (χ4n) is 3.07. The highest BCUT2D eigenvalue weighted by Gasteiger charge is 2.30. The number of carbonyl (C=O) groups is 1. The number of nitrogens with zero attached hydrogens (tertiary/aromatic N) is 3. The van der Waals surface area contributed by atoms with E-state index in [4.69, 9.17) is 11.6 Å². The Bertz CT molecular complexity index is 1120. The maximum Gasteiger partial charge on any atom is 0.231 e. The van der Waals surface area contributed by atoms with Gasteiger partial charge in [-0.05, 0) is 43.5 Å². The van der Waals surface area contributed by atoms with Crippen LogP contribution < -0.4 is 5.32 Å². The summed E-state index contributed by atoms with van der Waals surface area (Å²) in [5.41, 5.74) is 3.08. The van der Waals surface area contributed by atoms with Gasteiger partial charge in [0.1, 0.15) is 5.54 Å². The second-order valence-electron chi connectivity index (χ2n) is 7.86. The second kappa shape index (κ2) is 9.59. The number of halogens is 1. The summed E-state index contributed by atoms with van der Waals surface area (Å²) in [7, 11) is 0. The zero-order valence-electron chi connectivity index (χ0n) is 18.0. The molecular weight excluding hydrogens is 428 g/mol. The van der Waals surface area contributed by atoms with E-state index in [1.807, 2.05) is 75.5 Å². The highest BCUT2D eigenvalue weighted by Crippen LogP contribution is 2.31. The number of carbonyl (C=O) groups excluding carboxylic acids is 1. The molecule has 31 heavy (non-hydrogen) atoms. The van der Waals surface area contributed by atoms with E-state index in [0.29, 0.717) is 10.2 Å². The third-order valence-corrected chi connectivity index (χ3v) is 6.55. The molecule has 2 aromatic carbocycles. The van der Waals surface area contributed by atoms with Crippen molar-refractivity contribution >= 4 is 29.3 Å². The van der Waals surface area contributed by atoms with Crippen LogP contribution >= 0.6 is 23.4 Å². The summed E-state index contributed by atoms with van der Waals surface area (Å²) in [5.74, 6) is -0.0422. The third kappa shape index (κ3) is 5.12. The van der Waals surface area contributed by atoms with Crippen LogP contribution in [-0.4, -0.2) is 26.8 Å². The summed E-state index contributed by atoms with van der Waals surface area (Å²) < 4.78 is 2.06. The van der Waals surface area contributed by atoms with Gasteiger partial charge in [-0.1, -0.05) is 67.5 Å². The van der Waals surface area contributed by atoms with Gasteiger partial charge in [0.25, 0.3) is 0 Å². The Balaban J connectivity index is 1.93. The lowest BCUT2D eigenvalue weighted by molar-refractivity contribution is -0.120. The van der Waals surface area contributed by atoms with Gasteiger partial charge in [0.15, 0.2) is 5.16 Å². The molecule has 7 heteroatoms. The van der Waals surface area contributed by atoms with E-state index in [1.54, 1.807) is 6.92 Å². The van der Waals surface area contributed by atoms with Crippen LogP contribution in [0.5, 0.6) is 0 Å². The van der Waals surface area contributed by atoms with Gasteiger partial charge in [0, 0.05) is 10.6 Å². The minimum absolute atomic E-state index is 0.00286. The molecule has 0 saturated heterocycles. The van der Waals surface area contributed by atoms with E-state index in [0.717, 1.165) is 22.5 Å². The third-order valence-electron chi connectivity index (χ3n) is 5.34. The molecule has 0 radical (unpaired) electrons. The smallest absolute Gasteiger partial charge is 0.231 e. The number of aryl methyl sites for hydroxylation is 1. The highest BCUT2D eigenvalue weighted by molar-refractivity contribution is 7.99. The lowest BCUT2D eigenvalue weighted by Gasteiger charge is -2.27. The van der Waals surface area contributed by atoms with Crippen LogP contribution in [0.1, 0.15) is 26.3 Å². The molecule has 3 aromatic rings. The predicted molar refractivity (Wildman–Crippen MR) is 126 cm³/mol. The Hall–Kier alpha value is -2.75. The Morgan fingerprint density at radius 3 is 2.55 bits per heavy atom. The molecule has 5 nitrogen and oxygen atoms in total. The van der Waals surface area contributed by atoms with Gasteiger partial charge in [0.05, 0.1) is 29.4 Å². The van der Waals surface area contributed by atoms with Gasteiger partial charge >= 0.3 is 0 Å². The van der Waals surface area contributed by atoms with E-state index in [9.17, 15) is 10.1 Å². The lowest BCUT2D eigenvalue weighted by atomic mass is 9.90. The highest BCUT2D eigenvalue weighted by atomic mass is 35.5. The van der Waals surface area contributed by atoms with Crippen molar-refractivity contribution in [2.45, 2.75) is 38.4 Å². The van der Waals surface area contributed by atoms with Crippen molar-refractivity contribution < 1.29 is 4.79 Å². The molecule has 0 aliphatic heterocycles. The number of nitrogens with one attached hydrogen (secondary N) is 1. The number of hydrogen-bond donors (Lipinski definition) is 1. The number of aromatic nitrogens is 2. The first-order valence-corrected chi connectivity index (χ1v) is 11.4. The van der Waals surface area contributed by atoms with Crippen molar-refractivity contribution in [1.82, 2.24) is 14.9 Å². The van der Waals surface area contributed by atoms with E-state index in [1.165, 1.54) is 11.8 Å². The normalized spacial score (nSPS) is 12.9. The molecule has 1 atom stereocenters. The van der Waals surface area contributed by atoms with E-state index in [2.05, 4.69) is 20.9 Å². The molecular formula is C24H25ClN4OS. The average Bonchev–Trinajstić information content (AvgIpc) is 3.16. The summed E-state index contributed by atoms with van der Waals surface area (Å²) in [6, 6.07) is 17.9. The van der Waals surface area contributed by atoms with Crippen LogP contribution in [0, 0.1) is 24.2 Å². The van der Waals surface area contributed by atoms with Crippen LogP contribution in [0.4, 0.5) is 0 Å². The Labute approximate surface area is 192 Å². The Morgan fingerprint density at radius 2 is 1.94 bits per heavy atom. The fourth-order valence-corrected chi connectivity index (χ4v) is 3.98. The van der Waals surface area contributed by atoms with Crippen LogP contribution in [0.15, 0.2) is 59.9 Å².